The lowest BCUT2D eigenvalue weighted by Crippen LogP contribution is -2.19. The van der Waals surface area contributed by atoms with E-state index in [-0.39, 0.29) is 12.5 Å². The van der Waals surface area contributed by atoms with Crippen molar-refractivity contribution in [3.63, 3.8) is 0 Å². The van der Waals surface area contributed by atoms with Gasteiger partial charge in [-0.1, -0.05) is 0 Å². The van der Waals surface area contributed by atoms with Gasteiger partial charge in [-0.05, 0) is 29.8 Å². The van der Waals surface area contributed by atoms with Crippen LogP contribution >= 0.6 is 15.9 Å². The summed E-state index contributed by atoms with van der Waals surface area (Å²) in [5, 5.41) is 11.2. The average molecular weight is 312 g/mol. The smallest absolute Gasteiger partial charge is 0.246 e. The van der Waals surface area contributed by atoms with Crippen molar-refractivity contribution in [2.75, 3.05) is 5.32 Å². The third-order valence-electron chi connectivity index (χ3n) is 2.48. The molecule has 0 saturated carbocycles. The van der Waals surface area contributed by atoms with Crippen LogP contribution in [-0.4, -0.2) is 25.5 Å². The number of rotatable bonds is 3. The second-order valence-electron chi connectivity index (χ2n) is 4.11. The van der Waals surface area contributed by atoms with Crippen LogP contribution in [0.3, 0.4) is 0 Å². The number of hydrogen-bond acceptors (Lipinski definition) is 3. The molecule has 0 radical (unpaired) electrons. The fraction of sp³-hybridized carbons (Fsp3) is 0.364. The molecule has 96 valence electrons. The van der Waals surface area contributed by atoms with Gasteiger partial charge in [0.1, 0.15) is 6.54 Å². The Kier molecular flexibility index (Phi) is 3.51. The van der Waals surface area contributed by atoms with E-state index in [0.29, 0.717) is 0 Å². The highest BCUT2D eigenvalue weighted by Gasteiger charge is 2.10. The monoisotopic (exact) mass is 311 g/mol. The molecule has 0 bridgehead atoms. The zero-order chi connectivity index (χ0) is 13.3. The molecule has 1 amide bonds. The first-order chi connectivity index (χ1) is 8.45. The van der Waals surface area contributed by atoms with Crippen molar-refractivity contribution >= 4 is 27.5 Å². The normalized spacial score (nSPS) is 10.7. The Bertz CT molecular complexity index is 567. The highest BCUT2D eigenvalue weighted by Crippen LogP contribution is 2.14. The lowest BCUT2D eigenvalue weighted by atomic mass is 10.4. The summed E-state index contributed by atoms with van der Waals surface area (Å²) in [7, 11) is 1.82. The summed E-state index contributed by atoms with van der Waals surface area (Å²) in [5.41, 5.74) is 2.38. The second-order valence-corrected chi connectivity index (χ2v) is 4.96. The standard InChI is InChI=1S/C11H14BrN5O/c1-7-9(12)4-17(15-7)6-11(18)13-10-5-16(3)14-8(10)2/h4-5H,6H2,1-3H3,(H,13,18). The number of carbonyl (C=O) groups is 1. The lowest BCUT2D eigenvalue weighted by molar-refractivity contribution is -0.116. The van der Waals surface area contributed by atoms with Crippen molar-refractivity contribution in [2.45, 2.75) is 20.4 Å². The molecule has 0 unspecified atom stereocenters. The highest BCUT2D eigenvalue weighted by molar-refractivity contribution is 9.10. The minimum atomic E-state index is -0.124. The molecular weight excluding hydrogens is 298 g/mol. The molecule has 6 nitrogen and oxygen atoms in total. The first-order valence-electron chi connectivity index (χ1n) is 5.45. The molecule has 0 atom stereocenters. The van der Waals surface area contributed by atoms with Gasteiger partial charge in [0, 0.05) is 19.4 Å². The Balaban J connectivity index is 2.03. The molecule has 0 fully saturated rings. The molecule has 0 aliphatic rings. The predicted octanol–water partition coefficient (Wildman–Crippen LogP) is 1.63. The van der Waals surface area contributed by atoms with E-state index in [4.69, 9.17) is 0 Å². The molecule has 2 aromatic rings. The topological polar surface area (TPSA) is 64.7 Å². The Hall–Kier alpha value is -1.63. The molecule has 0 aliphatic heterocycles. The Labute approximate surface area is 113 Å². The van der Waals surface area contributed by atoms with E-state index in [2.05, 4.69) is 31.4 Å². The van der Waals surface area contributed by atoms with Gasteiger partial charge < -0.3 is 5.32 Å². The zero-order valence-electron chi connectivity index (χ0n) is 10.4. The maximum absolute atomic E-state index is 11.8. The number of nitrogens with zero attached hydrogens (tertiary/aromatic N) is 4. The van der Waals surface area contributed by atoms with Crippen molar-refractivity contribution in [3.8, 4) is 0 Å². The van der Waals surface area contributed by atoms with Gasteiger partial charge in [0.15, 0.2) is 0 Å². The van der Waals surface area contributed by atoms with Crippen LogP contribution < -0.4 is 5.32 Å². The van der Waals surface area contributed by atoms with E-state index in [1.54, 1.807) is 21.8 Å². The van der Waals surface area contributed by atoms with Gasteiger partial charge in [0.25, 0.3) is 0 Å². The van der Waals surface area contributed by atoms with Gasteiger partial charge in [-0.3, -0.25) is 14.2 Å². The van der Waals surface area contributed by atoms with Gasteiger partial charge in [-0.25, -0.2) is 0 Å². The third-order valence-corrected chi connectivity index (χ3v) is 3.26. The van der Waals surface area contributed by atoms with Gasteiger partial charge >= 0.3 is 0 Å². The molecular formula is C11H14BrN5O. The van der Waals surface area contributed by atoms with Crippen molar-refractivity contribution in [3.05, 3.63) is 28.3 Å². The number of aromatic nitrogens is 4. The minimum absolute atomic E-state index is 0.124. The fourth-order valence-corrected chi connectivity index (χ4v) is 1.95. The predicted molar refractivity (Wildman–Crippen MR) is 71.2 cm³/mol. The largest absolute Gasteiger partial charge is 0.322 e. The summed E-state index contributed by atoms with van der Waals surface area (Å²) in [4.78, 5) is 11.8. The lowest BCUT2D eigenvalue weighted by Gasteiger charge is -2.03. The first kappa shape index (κ1) is 12.8. The molecule has 0 spiro atoms. The van der Waals surface area contributed by atoms with E-state index in [0.717, 1.165) is 21.5 Å². The third kappa shape index (κ3) is 2.79. The molecule has 2 heterocycles. The van der Waals surface area contributed by atoms with Crippen molar-refractivity contribution in [1.29, 1.82) is 0 Å². The molecule has 1 N–H and O–H groups in total. The number of aryl methyl sites for hydroxylation is 3. The van der Waals surface area contributed by atoms with E-state index in [9.17, 15) is 4.79 Å². The summed E-state index contributed by atoms with van der Waals surface area (Å²) in [6.45, 7) is 3.91. The molecule has 7 heteroatoms. The van der Waals surface area contributed by atoms with Gasteiger partial charge in [0.2, 0.25) is 5.91 Å². The summed E-state index contributed by atoms with van der Waals surface area (Å²) >= 11 is 3.36. The number of halogens is 1. The van der Waals surface area contributed by atoms with Crippen LogP contribution in [0.4, 0.5) is 5.69 Å². The zero-order valence-corrected chi connectivity index (χ0v) is 12.0. The number of carbonyl (C=O) groups excluding carboxylic acids is 1. The van der Waals surface area contributed by atoms with E-state index in [1.807, 2.05) is 20.9 Å². The van der Waals surface area contributed by atoms with Crippen LogP contribution in [0.1, 0.15) is 11.4 Å². The van der Waals surface area contributed by atoms with E-state index >= 15 is 0 Å². The van der Waals surface area contributed by atoms with Crippen LogP contribution in [0.25, 0.3) is 0 Å². The molecule has 0 saturated heterocycles. The number of nitrogens with one attached hydrogen (secondary N) is 1. The first-order valence-corrected chi connectivity index (χ1v) is 6.24. The average Bonchev–Trinajstić information content (AvgIpc) is 2.71. The van der Waals surface area contributed by atoms with Crippen molar-refractivity contribution in [1.82, 2.24) is 19.6 Å². The van der Waals surface area contributed by atoms with Crippen molar-refractivity contribution < 1.29 is 4.79 Å². The second kappa shape index (κ2) is 4.93. The van der Waals surface area contributed by atoms with E-state index in [1.165, 1.54) is 0 Å². The summed E-state index contributed by atoms with van der Waals surface area (Å²) in [6, 6.07) is 0. The van der Waals surface area contributed by atoms with Crippen LogP contribution in [0.5, 0.6) is 0 Å². The van der Waals surface area contributed by atoms with Gasteiger partial charge in [-0.15, -0.1) is 0 Å². The molecule has 2 rings (SSSR count). The molecule has 2 aromatic heterocycles. The summed E-state index contributed by atoms with van der Waals surface area (Å²) in [6.07, 6.45) is 3.56. The Morgan fingerprint density at radius 2 is 2.06 bits per heavy atom. The van der Waals surface area contributed by atoms with E-state index < -0.39 is 0 Å². The maximum Gasteiger partial charge on any atom is 0.246 e. The van der Waals surface area contributed by atoms with Crippen LogP contribution in [0.15, 0.2) is 16.9 Å². The van der Waals surface area contributed by atoms with Gasteiger partial charge in [-0.2, -0.15) is 10.2 Å². The molecule has 0 aromatic carbocycles. The maximum atomic E-state index is 11.8. The fourth-order valence-electron chi connectivity index (χ4n) is 1.63. The minimum Gasteiger partial charge on any atom is -0.322 e. The highest BCUT2D eigenvalue weighted by atomic mass is 79.9. The Morgan fingerprint density at radius 3 is 2.56 bits per heavy atom. The quantitative estimate of drug-likeness (QED) is 0.937. The SMILES string of the molecule is Cc1nn(CC(=O)Nc2cn(C)nc2C)cc1Br. The van der Waals surface area contributed by atoms with Crippen molar-refractivity contribution in [2.24, 2.45) is 7.05 Å². The Morgan fingerprint density at radius 1 is 1.33 bits per heavy atom. The number of anilines is 1. The number of hydrogen-bond donors (Lipinski definition) is 1. The molecule has 0 aliphatic carbocycles. The van der Waals surface area contributed by atoms with Crippen LogP contribution in [0.2, 0.25) is 0 Å². The number of amides is 1. The summed E-state index contributed by atoms with van der Waals surface area (Å²) in [5.74, 6) is -0.124. The summed E-state index contributed by atoms with van der Waals surface area (Å²) < 4.78 is 4.16. The van der Waals surface area contributed by atoms with Crippen LogP contribution in [0, 0.1) is 13.8 Å². The molecule has 18 heavy (non-hydrogen) atoms. The van der Waals surface area contributed by atoms with Gasteiger partial charge in [0.05, 0.1) is 21.5 Å². The van der Waals surface area contributed by atoms with Crippen LogP contribution in [-0.2, 0) is 18.4 Å².